The molecule has 1 aliphatic heterocycles. The SMILES string of the molecule is OC(COc1ccc(F)cc1)CN1CCC(Nc2nc3cnccc3s2)CC1. The van der Waals surface area contributed by atoms with Gasteiger partial charge in [0.25, 0.3) is 0 Å². The Hall–Kier alpha value is -2.29. The van der Waals surface area contributed by atoms with Crippen molar-refractivity contribution in [2.24, 2.45) is 0 Å². The Kier molecular flexibility index (Phi) is 5.99. The first-order chi connectivity index (χ1) is 13.7. The van der Waals surface area contributed by atoms with Crippen molar-refractivity contribution in [1.29, 1.82) is 0 Å². The van der Waals surface area contributed by atoms with Crippen molar-refractivity contribution in [2.75, 3.05) is 31.6 Å². The van der Waals surface area contributed by atoms with E-state index >= 15 is 0 Å². The molecule has 0 amide bonds. The van der Waals surface area contributed by atoms with E-state index < -0.39 is 6.10 Å². The molecular formula is C20H23FN4O2S. The predicted octanol–water partition coefficient (Wildman–Crippen LogP) is 3.15. The van der Waals surface area contributed by atoms with E-state index in [1.54, 1.807) is 35.9 Å². The molecule has 0 spiro atoms. The van der Waals surface area contributed by atoms with Crippen molar-refractivity contribution < 1.29 is 14.2 Å². The second-order valence-electron chi connectivity index (χ2n) is 7.00. The number of ether oxygens (including phenoxy) is 1. The highest BCUT2D eigenvalue weighted by atomic mass is 32.1. The normalized spacial score (nSPS) is 16.9. The van der Waals surface area contributed by atoms with Crippen molar-refractivity contribution in [2.45, 2.75) is 25.0 Å². The highest BCUT2D eigenvalue weighted by molar-refractivity contribution is 7.22. The van der Waals surface area contributed by atoms with Crippen molar-refractivity contribution in [1.82, 2.24) is 14.9 Å². The number of fused-ring (bicyclic) bond motifs is 1. The molecule has 8 heteroatoms. The minimum atomic E-state index is -0.577. The number of aliphatic hydroxyl groups is 1. The van der Waals surface area contributed by atoms with Crippen LogP contribution in [0.25, 0.3) is 10.2 Å². The highest BCUT2D eigenvalue weighted by Gasteiger charge is 2.22. The number of benzene rings is 1. The summed E-state index contributed by atoms with van der Waals surface area (Å²) < 4.78 is 19.6. The van der Waals surface area contributed by atoms with Crippen molar-refractivity contribution in [3.05, 3.63) is 48.5 Å². The summed E-state index contributed by atoms with van der Waals surface area (Å²) in [6.45, 7) is 2.60. The molecule has 28 heavy (non-hydrogen) atoms. The van der Waals surface area contributed by atoms with Crippen LogP contribution in [0.3, 0.4) is 0 Å². The molecule has 0 aliphatic carbocycles. The van der Waals surface area contributed by atoms with E-state index in [-0.39, 0.29) is 12.4 Å². The van der Waals surface area contributed by atoms with Gasteiger partial charge in [-0.15, -0.1) is 0 Å². The summed E-state index contributed by atoms with van der Waals surface area (Å²) in [5.74, 6) is 0.265. The first-order valence-electron chi connectivity index (χ1n) is 9.41. The summed E-state index contributed by atoms with van der Waals surface area (Å²) in [6, 6.07) is 8.20. The average molecular weight is 402 g/mol. The third-order valence-corrected chi connectivity index (χ3v) is 5.80. The van der Waals surface area contributed by atoms with Gasteiger partial charge in [-0.05, 0) is 43.2 Å². The highest BCUT2D eigenvalue weighted by Crippen LogP contribution is 2.26. The van der Waals surface area contributed by atoms with Crippen LogP contribution in [0.15, 0.2) is 42.7 Å². The van der Waals surface area contributed by atoms with E-state index in [0.29, 0.717) is 18.3 Å². The molecule has 1 fully saturated rings. The zero-order valence-electron chi connectivity index (χ0n) is 15.4. The van der Waals surface area contributed by atoms with Crippen LogP contribution in [0.5, 0.6) is 5.75 Å². The molecule has 1 saturated heterocycles. The van der Waals surface area contributed by atoms with E-state index in [0.717, 1.165) is 41.3 Å². The molecule has 0 bridgehead atoms. The van der Waals surface area contributed by atoms with Crippen LogP contribution in [-0.2, 0) is 0 Å². The second-order valence-corrected chi connectivity index (χ2v) is 8.03. The zero-order valence-corrected chi connectivity index (χ0v) is 16.2. The molecule has 1 aliphatic rings. The average Bonchev–Trinajstić information content (AvgIpc) is 3.11. The number of halogens is 1. The van der Waals surface area contributed by atoms with Crippen LogP contribution in [0.2, 0.25) is 0 Å². The van der Waals surface area contributed by atoms with Crippen molar-refractivity contribution >= 4 is 26.7 Å². The number of aliphatic hydroxyl groups excluding tert-OH is 1. The molecular weight excluding hydrogens is 379 g/mol. The van der Waals surface area contributed by atoms with Gasteiger partial charge in [-0.25, -0.2) is 9.37 Å². The molecule has 4 rings (SSSR count). The number of anilines is 1. The molecule has 2 N–H and O–H groups in total. The van der Waals surface area contributed by atoms with Crippen LogP contribution in [-0.4, -0.2) is 58.4 Å². The Morgan fingerprint density at radius 2 is 2.04 bits per heavy atom. The number of hydrogen-bond acceptors (Lipinski definition) is 7. The molecule has 1 unspecified atom stereocenters. The van der Waals surface area contributed by atoms with E-state index in [4.69, 9.17) is 4.74 Å². The summed E-state index contributed by atoms with van der Waals surface area (Å²) in [7, 11) is 0. The Labute approximate surface area is 167 Å². The van der Waals surface area contributed by atoms with Crippen LogP contribution >= 0.6 is 11.3 Å². The third-order valence-electron chi connectivity index (χ3n) is 4.83. The lowest BCUT2D eigenvalue weighted by Gasteiger charge is -2.33. The zero-order chi connectivity index (χ0) is 19.3. The van der Waals surface area contributed by atoms with E-state index in [1.165, 1.54) is 12.1 Å². The summed E-state index contributed by atoms with van der Waals surface area (Å²) in [5.41, 5.74) is 0.928. The van der Waals surface area contributed by atoms with Gasteiger partial charge in [0.1, 0.15) is 29.8 Å². The molecule has 2 aromatic heterocycles. The number of nitrogens with one attached hydrogen (secondary N) is 1. The predicted molar refractivity (Wildman–Crippen MR) is 108 cm³/mol. The van der Waals surface area contributed by atoms with E-state index in [9.17, 15) is 9.50 Å². The Balaban J connectivity index is 1.20. The summed E-state index contributed by atoms with van der Waals surface area (Å²) in [5, 5.41) is 14.7. The number of nitrogens with zero attached hydrogens (tertiary/aromatic N) is 3. The topological polar surface area (TPSA) is 70.5 Å². The maximum atomic E-state index is 12.9. The number of likely N-dealkylation sites (tertiary alicyclic amines) is 1. The van der Waals surface area contributed by atoms with Gasteiger partial charge >= 0.3 is 0 Å². The quantitative estimate of drug-likeness (QED) is 0.633. The fraction of sp³-hybridized carbons (Fsp3) is 0.400. The molecule has 0 saturated carbocycles. The van der Waals surface area contributed by atoms with Crippen LogP contribution in [0, 0.1) is 5.82 Å². The fourth-order valence-corrected chi connectivity index (χ4v) is 4.26. The number of aromatic nitrogens is 2. The molecule has 3 heterocycles. The van der Waals surface area contributed by atoms with Gasteiger partial charge in [0, 0.05) is 31.9 Å². The monoisotopic (exact) mass is 402 g/mol. The lowest BCUT2D eigenvalue weighted by atomic mass is 10.1. The van der Waals surface area contributed by atoms with Gasteiger partial charge in [0.2, 0.25) is 0 Å². The lowest BCUT2D eigenvalue weighted by Crippen LogP contribution is -2.43. The molecule has 1 aromatic carbocycles. The summed E-state index contributed by atoms with van der Waals surface area (Å²) >= 11 is 1.65. The maximum Gasteiger partial charge on any atom is 0.184 e. The smallest absolute Gasteiger partial charge is 0.184 e. The van der Waals surface area contributed by atoms with E-state index in [1.807, 2.05) is 6.07 Å². The second kappa shape index (κ2) is 8.81. The first-order valence-corrected chi connectivity index (χ1v) is 10.2. The molecule has 0 radical (unpaired) electrons. The van der Waals surface area contributed by atoms with Crippen LogP contribution < -0.4 is 10.1 Å². The van der Waals surface area contributed by atoms with Crippen molar-refractivity contribution in [3.8, 4) is 5.75 Å². The number of β-amino-alcohol motifs (C(OH)–C–C–N with tert-alkyl or cyclic N) is 1. The molecule has 148 valence electrons. The Bertz CT molecular complexity index is 864. The first kappa shape index (κ1) is 19.0. The molecule has 1 atom stereocenters. The third kappa shape index (κ3) is 4.95. The largest absolute Gasteiger partial charge is 0.491 e. The van der Waals surface area contributed by atoms with Crippen LogP contribution in [0.4, 0.5) is 9.52 Å². The number of pyridine rings is 1. The number of hydrogen-bond donors (Lipinski definition) is 2. The van der Waals surface area contributed by atoms with Gasteiger partial charge in [-0.1, -0.05) is 11.3 Å². The van der Waals surface area contributed by atoms with Crippen molar-refractivity contribution in [3.63, 3.8) is 0 Å². The van der Waals surface area contributed by atoms with Gasteiger partial charge < -0.3 is 20.1 Å². The molecule has 6 nitrogen and oxygen atoms in total. The van der Waals surface area contributed by atoms with Gasteiger partial charge in [-0.3, -0.25) is 4.98 Å². The summed E-state index contributed by atoms with van der Waals surface area (Å²) in [4.78, 5) is 10.9. The van der Waals surface area contributed by atoms with Gasteiger partial charge in [-0.2, -0.15) is 0 Å². The minimum Gasteiger partial charge on any atom is -0.491 e. The minimum absolute atomic E-state index is 0.198. The van der Waals surface area contributed by atoms with Crippen LogP contribution in [0.1, 0.15) is 12.8 Å². The number of rotatable bonds is 7. The Morgan fingerprint density at radius 3 is 2.79 bits per heavy atom. The lowest BCUT2D eigenvalue weighted by molar-refractivity contribution is 0.0605. The van der Waals surface area contributed by atoms with E-state index in [2.05, 4.69) is 20.2 Å². The van der Waals surface area contributed by atoms with Gasteiger partial charge in [0.05, 0.1) is 10.9 Å². The summed E-state index contributed by atoms with van der Waals surface area (Å²) in [6.07, 6.45) is 4.99. The fourth-order valence-electron chi connectivity index (χ4n) is 3.35. The number of piperidine rings is 1. The van der Waals surface area contributed by atoms with Gasteiger partial charge in [0.15, 0.2) is 5.13 Å². The Morgan fingerprint density at radius 1 is 1.25 bits per heavy atom. The standard InChI is InChI=1S/C20H23FN4O2S/c21-14-1-3-17(4-2-14)27-13-16(26)12-25-9-6-15(7-10-25)23-20-24-18-11-22-8-5-19(18)28-20/h1-5,8,11,15-16,26H,6-7,9-10,12-13H2,(H,23,24). The molecule has 3 aromatic rings. The maximum absolute atomic E-state index is 12.9. The number of thiazole rings is 1.